The van der Waals surface area contributed by atoms with Crippen LogP contribution in [0, 0.1) is 0 Å². The molecule has 3 N–H and O–H groups in total. The van der Waals surface area contributed by atoms with Gasteiger partial charge in [-0.3, -0.25) is 0 Å². The van der Waals surface area contributed by atoms with Gasteiger partial charge < -0.3 is 10.8 Å². The molecule has 5 heteroatoms. The summed E-state index contributed by atoms with van der Waals surface area (Å²) in [4.78, 5) is 11.2. The number of rotatable bonds is 3. The highest BCUT2D eigenvalue weighted by molar-refractivity contribution is 8.00. The summed E-state index contributed by atoms with van der Waals surface area (Å²) in [6.07, 6.45) is 0. The summed E-state index contributed by atoms with van der Waals surface area (Å²) < 4.78 is 0. The van der Waals surface area contributed by atoms with Crippen LogP contribution in [-0.4, -0.2) is 16.4 Å². The lowest BCUT2D eigenvalue weighted by atomic mass is 10.4. The topological polar surface area (TPSA) is 63.3 Å². The first-order valence-electron chi connectivity index (χ1n) is 3.50. The highest BCUT2D eigenvalue weighted by atomic mass is 35.5. The molecule has 0 spiro atoms. The van der Waals surface area contributed by atoms with Gasteiger partial charge in [-0.25, -0.2) is 4.79 Å². The minimum absolute atomic E-state index is 0.572. The van der Waals surface area contributed by atoms with E-state index in [1.807, 2.05) is 0 Å². The Morgan fingerprint density at radius 1 is 1.62 bits per heavy atom. The molecule has 0 amide bonds. The summed E-state index contributed by atoms with van der Waals surface area (Å²) in [6.45, 7) is 0. The molecular weight excluding hydrogens is 210 g/mol. The van der Waals surface area contributed by atoms with Crippen LogP contribution in [0.3, 0.4) is 0 Å². The molecule has 0 aliphatic carbocycles. The lowest BCUT2D eigenvalue weighted by Crippen LogP contribution is -2.25. The van der Waals surface area contributed by atoms with Crippen molar-refractivity contribution in [1.29, 1.82) is 0 Å². The van der Waals surface area contributed by atoms with Crippen molar-refractivity contribution in [2.24, 2.45) is 5.73 Å². The molecule has 0 bridgehead atoms. The third-order valence-electron chi connectivity index (χ3n) is 1.30. The van der Waals surface area contributed by atoms with Gasteiger partial charge in [0, 0.05) is 9.92 Å². The second kappa shape index (κ2) is 4.50. The summed E-state index contributed by atoms with van der Waals surface area (Å²) in [7, 11) is 0. The quantitative estimate of drug-likeness (QED) is 0.599. The molecular formula is C8H8ClNO2S. The molecule has 0 radical (unpaired) electrons. The fourth-order valence-electron chi connectivity index (χ4n) is 0.737. The zero-order chi connectivity index (χ0) is 9.84. The summed E-state index contributed by atoms with van der Waals surface area (Å²) in [6, 6.07) is 6.91. The largest absolute Gasteiger partial charge is 0.479 e. The first-order valence-corrected chi connectivity index (χ1v) is 4.76. The summed E-state index contributed by atoms with van der Waals surface area (Å²) in [5.74, 6) is -1.04. The number of benzene rings is 1. The molecule has 1 unspecified atom stereocenters. The first kappa shape index (κ1) is 10.4. The van der Waals surface area contributed by atoms with E-state index in [1.165, 1.54) is 0 Å². The maximum absolute atomic E-state index is 10.4. The molecule has 0 saturated heterocycles. The minimum Gasteiger partial charge on any atom is -0.479 e. The number of thioether (sulfide) groups is 1. The van der Waals surface area contributed by atoms with E-state index in [0.29, 0.717) is 5.02 Å². The molecule has 1 aromatic rings. The maximum Gasteiger partial charge on any atom is 0.331 e. The van der Waals surface area contributed by atoms with Crippen molar-refractivity contribution in [3.05, 3.63) is 29.3 Å². The number of aliphatic carboxylic acids is 1. The lowest BCUT2D eigenvalue weighted by molar-refractivity contribution is -0.136. The van der Waals surface area contributed by atoms with E-state index in [-0.39, 0.29) is 0 Å². The average Bonchev–Trinajstić information content (AvgIpc) is 2.04. The molecule has 1 aromatic carbocycles. The highest BCUT2D eigenvalue weighted by Crippen LogP contribution is 2.23. The van der Waals surface area contributed by atoms with Gasteiger partial charge in [-0.2, -0.15) is 0 Å². The van der Waals surface area contributed by atoms with Crippen LogP contribution in [0.2, 0.25) is 5.02 Å². The molecule has 0 saturated carbocycles. The van der Waals surface area contributed by atoms with Crippen LogP contribution < -0.4 is 5.73 Å². The number of hydrogen-bond donors (Lipinski definition) is 2. The Balaban J connectivity index is 2.69. The third-order valence-corrected chi connectivity index (χ3v) is 2.52. The van der Waals surface area contributed by atoms with E-state index >= 15 is 0 Å². The Hall–Kier alpha value is -0.710. The Labute approximate surface area is 84.9 Å². The Kier molecular flexibility index (Phi) is 3.59. The van der Waals surface area contributed by atoms with Gasteiger partial charge in [-0.05, 0) is 18.2 Å². The van der Waals surface area contributed by atoms with E-state index in [1.54, 1.807) is 24.3 Å². The SMILES string of the molecule is NC(Sc1cccc(Cl)c1)C(=O)O. The number of carboxylic acids is 1. The van der Waals surface area contributed by atoms with Crippen molar-refractivity contribution in [3.8, 4) is 0 Å². The van der Waals surface area contributed by atoms with Crippen LogP contribution in [0.15, 0.2) is 29.2 Å². The van der Waals surface area contributed by atoms with Crippen molar-refractivity contribution >= 4 is 29.3 Å². The number of halogens is 1. The molecule has 0 heterocycles. The van der Waals surface area contributed by atoms with E-state index in [2.05, 4.69) is 0 Å². The third kappa shape index (κ3) is 3.26. The zero-order valence-corrected chi connectivity index (χ0v) is 8.18. The molecule has 1 atom stereocenters. The second-order valence-corrected chi connectivity index (χ2v) is 3.99. The summed E-state index contributed by atoms with van der Waals surface area (Å²) in [5.41, 5.74) is 5.32. The first-order chi connectivity index (χ1) is 6.09. The van der Waals surface area contributed by atoms with Gasteiger partial charge >= 0.3 is 5.97 Å². The highest BCUT2D eigenvalue weighted by Gasteiger charge is 2.12. The normalized spacial score (nSPS) is 12.5. The monoisotopic (exact) mass is 217 g/mol. The maximum atomic E-state index is 10.4. The van der Waals surface area contributed by atoms with E-state index in [9.17, 15) is 4.79 Å². The van der Waals surface area contributed by atoms with E-state index < -0.39 is 11.3 Å². The van der Waals surface area contributed by atoms with Gasteiger partial charge in [-0.1, -0.05) is 29.4 Å². The number of nitrogens with two attached hydrogens (primary N) is 1. The van der Waals surface area contributed by atoms with Crippen LogP contribution in [0.1, 0.15) is 0 Å². The summed E-state index contributed by atoms with van der Waals surface area (Å²) in [5, 5.41) is 8.16. The molecule has 1 rings (SSSR count). The molecule has 0 aliphatic heterocycles. The van der Waals surface area contributed by atoms with Gasteiger partial charge in [-0.15, -0.1) is 0 Å². The molecule has 0 fully saturated rings. The van der Waals surface area contributed by atoms with Gasteiger partial charge in [0.2, 0.25) is 0 Å². The standard InChI is InChI=1S/C8H8ClNO2S/c9-5-2-1-3-6(4-5)13-7(10)8(11)12/h1-4,7H,10H2,(H,11,12). The van der Waals surface area contributed by atoms with Crippen molar-refractivity contribution in [3.63, 3.8) is 0 Å². The van der Waals surface area contributed by atoms with Crippen LogP contribution in [0.5, 0.6) is 0 Å². The second-order valence-electron chi connectivity index (χ2n) is 2.33. The van der Waals surface area contributed by atoms with Gasteiger partial charge in [0.05, 0.1) is 0 Å². The van der Waals surface area contributed by atoms with E-state index in [0.717, 1.165) is 16.7 Å². The predicted molar refractivity (Wildman–Crippen MR) is 52.9 cm³/mol. The van der Waals surface area contributed by atoms with E-state index in [4.69, 9.17) is 22.4 Å². The van der Waals surface area contributed by atoms with Crippen molar-refractivity contribution in [1.82, 2.24) is 0 Å². The Bertz CT molecular complexity index is 319. The molecule has 13 heavy (non-hydrogen) atoms. The predicted octanol–water partition coefficient (Wildman–Crippen LogP) is 1.80. The van der Waals surface area contributed by atoms with Crippen LogP contribution in [-0.2, 0) is 4.79 Å². The fourth-order valence-corrected chi connectivity index (χ4v) is 1.74. The van der Waals surface area contributed by atoms with Gasteiger partial charge in [0.15, 0.2) is 5.37 Å². The molecule has 0 aromatic heterocycles. The zero-order valence-electron chi connectivity index (χ0n) is 6.61. The van der Waals surface area contributed by atoms with Crippen LogP contribution >= 0.6 is 23.4 Å². The minimum atomic E-state index is -1.04. The molecule has 0 aliphatic rings. The number of hydrogen-bond acceptors (Lipinski definition) is 3. The van der Waals surface area contributed by atoms with Crippen molar-refractivity contribution in [2.45, 2.75) is 10.3 Å². The fraction of sp³-hybridized carbons (Fsp3) is 0.125. The number of carbonyl (C=O) groups is 1. The van der Waals surface area contributed by atoms with Gasteiger partial charge in [0.25, 0.3) is 0 Å². The number of carboxylic acid groups (broad SMARTS) is 1. The summed E-state index contributed by atoms with van der Waals surface area (Å²) >= 11 is 6.77. The van der Waals surface area contributed by atoms with Gasteiger partial charge in [0.1, 0.15) is 0 Å². The lowest BCUT2D eigenvalue weighted by Gasteiger charge is -2.05. The molecule has 3 nitrogen and oxygen atoms in total. The Morgan fingerprint density at radius 2 is 2.31 bits per heavy atom. The van der Waals surface area contributed by atoms with Crippen LogP contribution in [0.4, 0.5) is 0 Å². The molecule has 70 valence electrons. The van der Waals surface area contributed by atoms with Crippen LogP contribution in [0.25, 0.3) is 0 Å². The smallest absolute Gasteiger partial charge is 0.331 e. The van der Waals surface area contributed by atoms with Crippen molar-refractivity contribution < 1.29 is 9.90 Å². The average molecular weight is 218 g/mol. The van der Waals surface area contributed by atoms with Crippen molar-refractivity contribution in [2.75, 3.05) is 0 Å². The Morgan fingerprint density at radius 3 is 2.85 bits per heavy atom.